The van der Waals surface area contributed by atoms with Gasteiger partial charge in [-0.15, -0.1) is 0 Å². The molecule has 1 unspecified atom stereocenters. The highest BCUT2D eigenvalue weighted by atomic mass is 15.3. The second kappa shape index (κ2) is 5.73. The normalized spacial score (nSPS) is 28.4. The van der Waals surface area contributed by atoms with Crippen LogP contribution in [0.1, 0.15) is 66.7 Å². The third-order valence-corrected chi connectivity index (χ3v) is 5.14. The molecular weight excluding hydrogens is 232 g/mol. The van der Waals surface area contributed by atoms with Gasteiger partial charge in [0.2, 0.25) is 0 Å². The summed E-state index contributed by atoms with van der Waals surface area (Å²) in [6, 6.07) is 0.730. The molecule has 2 aliphatic rings. The fourth-order valence-electron chi connectivity index (χ4n) is 3.78. The van der Waals surface area contributed by atoms with E-state index >= 15 is 0 Å². The third kappa shape index (κ3) is 3.95. The molecule has 0 aromatic carbocycles. The van der Waals surface area contributed by atoms with Crippen LogP contribution >= 0.6 is 0 Å². The minimum absolute atomic E-state index is 0.454. The van der Waals surface area contributed by atoms with Crippen LogP contribution in [0.3, 0.4) is 0 Å². The van der Waals surface area contributed by atoms with E-state index < -0.39 is 0 Å². The molecule has 0 amide bonds. The number of piperazine rings is 1. The van der Waals surface area contributed by atoms with Gasteiger partial charge in [0.1, 0.15) is 0 Å². The predicted octanol–water partition coefficient (Wildman–Crippen LogP) is 3.67. The molecule has 2 rings (SSSR count). The van der Waals surface area contributed by atoms with E-state index in [1.54, 1.807) is 0 Å². The molecule has 1 atom stereocenters. The molecule has 19 heavy (non-hydrogen) atoms. The summed E-state index contributed by atoms with van der Waals surface area (Å²) < 4.78 is 0. The van der Waals surface area contributed by atoms with E-state index in [0.717, 1.165) is 12.0 Å². The molecular formula is C17H34N2. The Hall–Kier alpha value is -0.0800. The van der Waals surface area contributed by atoms with Gasteiger partial charge < -0.3 is 5.32 Å². The van der Waals surface area contributed by atoms with Crippen LogP contribution in [-0.2, 0) is 0 Å². The molecule has 2 fully saturated rings. The highest BCUT2D eigenvalue weighted by Crippen LogP contribution is 2.35. The van der Waals surface area contributed by atoms with Crippen LogP contribution in [0.2, 0.25) is 0 Å². The Morgan fingerprint density at radius 3 is 2.37 bits per heavy atom. The zero-order chi connectivity index (χ0) is 14.1. The molecule has 1 spiro atoms. The average Bonchev–Trinajstić information content (AvgIpc) is 2.73. The first kappa shape index (κ1) is 15.3. The topological polar surface area (TPSA) is 15.3 Å². The average molecular weight is 266 g/mol. The predicted molar refractivity (Wildman–Crippen MR) is 83.5 cm³/mol. The lowest BCUT2D eigenvalue weighted by Crippen LogP contribution is -2.64. The van der Waals surface area contributed by atoms with Gasteiger partial charge in [-0.05, 0) is 37.1 Å². The van der Waals surface area contributed by atoms with Crippen LogP contribution in [0.4, 0.5) is 0 Å². The van der Waals surface area contributed by atoms with Crippen molar-refractivity contribution >= 4 is 0 Å². The summed E-state index contributed by atoms with van der Waals surface area (Å²) in [7, 11) is 0. The van der Waals surface area contributed by atoms with Crippen LogP contribution in [0.5, 0.6) is 0 Å². The number of hydrogen-bond donors (Lipinski definition) is 1. The third-order valence-electron chi connectivity index (χ3n) is 5.14. The summed E-state index contributed by atoms with van der Waals surface area (Å²) in [4.78, 5) is 2.80. The lowest BCUT2D eigenvalue weighted by atomic mass is 9.87. The first-order valence-electron chi connectivity index (χ1n) is 8.30. The van der Waals surface area contributed by atoms with E-state index in [4.69, 9.17) is 0 Å². The zero-order valence-electron chi connectivity index (χ0n) is 13.8. The van der Waals surface area contributed by atoms with E-state index in [0.29, 0.717) is 11.0 Å². The van der Waals surface area contributed by atoms with Crippen molar-refractivity contribution in [2.45, 2.75) is 78.3 Å². The Morgan fingerprint density at radius 2 is 1.84 bits per heavy atom. The molecule has 1 saturated carbocycles. The smallest absolute Gasteiger partial charge is 0.0309 e. The summed E-state index contributed by atoms with van der Waals surface area (Å²) in [5.74, 6) is 0.756. The van der Waals surface area contributed by atoms with Crippen LogP contribution in [0.15, 0.2) is 0 Å². The van der Waals surface area contributed by atoms with Gasteiger partial charge in [0, 0.05) is 24.7 Å². The standard InChI is InChI=1S/C17H34N2/c1-14(2)15-12-18-17(8-6-7-9-17)13-19(15)11-10-16(3,4)5/h14-15,18H,6-13H2,1-5H3. The molecule has 1 saturated heterocycles. The van der Waals surface area contributed by atoms with Crippen LogP contribution in [0, 0.1) is 11.3 Å². The Labute approximate surface area is 120 Å². The molecule has 1 aliphatic heterocycles. The van der Waals surface area contributed by atoms with Crippen molar-refractivity contribution in [3.8, 4) is 0 Å². The molecule has 0 aromatic rings. The maximum Gasteiger partial charge on any atom is 0.0309 e. The van der Waals surface area contributed by atoms with Gasteiger partial charge in [-0.2, -0.15) is 0 Å². The molecule has 2 heteroatoms. The molecule has 1 heterocycles. The molecule has 1 N–H and O–H groups in total. The van der Waals surface area contributed by atoms with Gasteiger partial charge in [0.15, 0.2) is 0 Å². The number of nitrogens with one attached hydrogen (secondary N) is 1. The van der Waals surface area contributed by atoms with Gasteiger partial charge in [-0.1, -0.05) is 47.5 Å². The molecule has 1 aliphatic carbocycles. The molecule has 0 radical (unpaired) electrons. The quantitative estimate of drug-likeness (QED) is 0.838. The minimum Gasteiger partial charge on any atom is -0.308 e. The van der Waals surface area contributed by atoms with Crippen LogP contribution in [-0.4, -0.2) is 36.1 Å². The van der Waals surface area contributed by atoms with Crippen molar-refractivity contribution in [3.63, 3.8) is 0 Å². The maximum absolute atomic E-state index is 3.91. The zero-order valence-corrected chi connectivity index (χ0v) is 13.8. The first-order valence-corrected chi connectivity index (χ1v) is 8.30. The van der Waals surface area contributed by atoms with Crippen LogP contribution in [0.25, 0.3) is 0 Å². The van der Waals surface area contributed by atoms with E-state index in [-0.39, 0.29) is 0 Å². The summed E-state index contributed by atoms with van der Waals surface area (Å²) in [6.45, 7) is 15.6. The summed E-state index contributed by atoms with van der Waals surface area (Å²) >= 11 is 0. The van der Waals surface area contributed by atoms with Crippen molar-refractivity contribution < 1.29 is 0 Å². The Kier molecular flexibility index (Phi) is 4.62. The SMILES string of the molecule is CC(C)C1CNC2(CCCC2)CN1CCC(C)(C)C. The first-order chi connectivity index (χ1) is 8.81. The van der Waals surface area contributed by atoms with E-state index in [9.17, 15) is 0 Å². The van der Waals surface area contributed by atoms with E-state index in [2.05, 4.69) is 44.8 Å². The van der Waals surface area contributed by atoms with Gasteiger partial charge >= 0.3 is 0 Å². The number of rotatable bonds is 3. The Morgan fingerprint density at radius 1 is 1.21 bits per heavy atom. The van der Waals surface area contributed by atoms with Gasteiger partial charge in [-0.25, -0.2) is 0 Å². The van der Waals surface area contributed by atoms with Crippen molar-refractivity contribution in [1.82, 2.24) is 10.2 Å². The van der Waals surface area contributed by atoms with Crippen molar-refractivity contribution in [1.29, 1.82) is 0 Å². The minimum atomic E-state index is 0.454. The second-order valence-corrected chi connectivity index (χ2v) is 8.46. The molecule has 0 aromatic heterocycles. The highest BCUT2D eigenvalue weighted by Gasteiger charge is 2.41. The molecule has 2 nitrogen and oxygen atoms in total. The molecule has 0 bridgehead atoms. The van der Waals surface area contributed by atoms with Crippen molar-refractivity contribution in [3.05, 3.63) is 0 Å². The number of hydrogen-bond acceptors (Lipinski definition) is 2. The summed E-state index contributed by atoms with van der Waals surface area (Å²) in [5.41, 5.74) is 0.915. The fourth-order valence-corrected chi connectivity index (χ4v) is 3.78. The van der Waals surface area contributed by atoms with E-state index in [1.807, 2.05) is 0 Å². The maximum atomic E-state index is 3.91. The Bertz CT molecular complexity index is 284. The van der Waals surface area contributed by atoms with Crippen molar-refractivity contribution in [2.24, 2.45) is 11.3 Å². The summed E-state index contributed by atoms with van der Waals surface area (Å²) in [5, 5.41) is 3.91. The van der Waals surface area contributed by atoms with Crippen LogP contribution < -0.4 is 5.32 Å². The van der Waals surface area contributed by atoms with E-state index in [1.165, 1.54) is 51.7 Å². The Balaban J connectivity index is 2.00. The summed E-state index contributed by atoms with van der Waals surface area (Å²) in [6.07, 6.45) is 6.94. The molecule has 112 valence electrons. The fraction of sp³-hybridized carbons (Fsp3) is 1.00. The lowest BCUT2D eigenvalue weighted by molar-refractivity contribution is 0.0486. The number of nitrogens with zero attached hydrogens (tertiary/aromatic N) is 1. The van der Waals surface area contributed by atoms with Gasteiger partial charge in [0.05, 0.1) is 0 Å². The van der Waals surface area contributed by atoms with Gasteiger partial charge in [-0.3, -0.25) is 4.90 Å². The second-order valence-electron chi connectivity index (χ2n) is 8.46. The van der Waals surface area contributed by atoms with Gasteiger partial charge in [0.25, 0.3) is 0 Å². The van der Waals surface area contributed by atoms with Crippen molar-refractivity contribution in [2.75, 3.05) is 19.6 Å². The highest BCUT2D eigenvalue weighted by molar-refractivity contribution is 5.01. The largest absolute Gasteiger partial charge is 0.308 e. The monoisotopic (exact) mass is 266 g/mol. The lowest BCUT2D eigenvalue weighted by Gasteiger charge is -2.48.